The first-order chi connectivity index (χ1) is 16.5. The molecule has 2 heterocycles. The fraction of sp³-hybridized carbons (Fsp3) is 0.963. The van der Waals surface area contributed by atoms with Crippen LogP contribution in [0.15, 0.2) is 0 Å². The van der Waals surface area contributed by atoms with Gasteiger partial charge in [-0.25, -0.2) is 0 Å². The molecule has 2 unspecified atom stereocenters. The number of esters is 1. The highest BCUT2D eigenvalue weighted by Gasteiger charge is 2.31. The zero-order valence-electron chi connectivity index (χ0n) is 21.5. The number of aliphatic hydroxyl groups excluding tert-OH is 1. The van der Waals surface area contributed by atoms with Gasteiger partial charge in [-0.2, -0.15) is 0 Å². The maximum Gasteiger partial charge on any atom is 0.309 e. The Kier molecular flexibility index (Phi) is 12.6. The van der Waals surface area contributed by atoms with E-state index in [1.165, 1.54) is 25.7 Å². The predicted molar refractivity (Wildman–Crippen MR) is 129 cm³/mol. The van der Waals surface area contributed by atoms with Gasteiger partial charge in [0, 0.05) is 19.8 Å². The summed E-state index contributed by atoms with van der Waals surface area (Å²) >= 11 is 0. The average Bonchev–Trinajstić information content (AvgIpc) is 2.86. The maximum atomic E-state index is 11.9. The van der Waals surface area contributed by atoms with Crippen LogP contribution in [0.1, 0.15) is 104 Å². The van der Waals surface area contributed by atoms with Crippen LogP contribution in [0.3, 0.4) is 0 Å². The van der Waals surface area contributed by atoms with Crippen LogP contribution in [-0.4, -0.2) is 61.8 Å². The van der Waals surface area contributed by atoms with E-state index in [1.54, 1.807) is 0 Å². The second-order valence-electron chi connectivity index (χ2n) is 10.7. The molecule has 1 N–H and O–H groups in total. The van der Waals surface area contributed by atoms with Crippen LogP contribution >= 0.6 is 0 Å². The standard InChI is InChI=1S/C15H26O4.C12H22O3/c1-11(2)18-15(16)12-6-5-7-13(10-12)19-14-8-3-4-9-17-14;13-9-10-4-3-5-11(8-10)15-12-6-1-2-7-14-12/h11-14H,3-10H2,1-2H3;10-13H,1-9H2/t12-,13+,14?;10-,11+,12?/m11/s1. The third-order valence-electron chi connectivity index (χ3n) is 7.27. The first kappa shape index (κ1) is 27.9. The van der Waals surface area contributed by atoms with Gasteiger partial charge >= 0.3 is 5.97 Å². The van der Waals surface area contributed by atoms with Crippen molar-refractivity contribution in [1.29, 1.82) is 0 Å². The minimum Gasteiger partial charge on any atom is -0.463 e. The van der Waals surface area contributed by atoms with Crippen molar-refractivity contribution in [2.45, 2.75) is 135 Å². The zero-order chi connectivity index (χ0) is 24.2. The van der Waals surface area contributed by atoms with E-state index in [0.29, 0.717) is 18.6 Å². The molecule has 0 aromatic rings. The molecule has 0 aromatic carbocycles. The van der Waals surface area contributed by atoms with E-state index in [9.17, 15) is 4.79 Å². The SMILES string of the molecule is CC(C)OC(=O)[C@@H]1CCC[C@H](OC2CCCCO2)C1.OC[C@@H]1CCC[C@H](OC2CCCCO2)C1. The number of carbonyl (C=O) groups is 1. The maximum absolute atomic E-state index is 11.9. The molecule has 7 heteroatoms. The molecule has 2 aliphatic heterocycles. The first-order valence-corrected chi connectivity index (χ1v) is 13.9. The van der Waals surface area contributed by atoms with Crippen LogP contribution in [0.25, 0.3) is 0 Å². The van der Waals surface area contributed by atoms with Crippen LogP contribution in [0, 0.1) is 11.8 Å². The molecule has 4 rings (SSSR count). The summed E-state index contributed by atoms with van der Waals surface area (Å²) in [4.78, 5) is 11.9. The van der Waals surface area contributed by atoms with Crippen molar-refractivity contribution in [2.75, 3.05) is 19.8 Å². The molecular weight excluding hydrogens is 436 g/mol. The van der Waals surface area contributed by atoms with E-state index in [-0.39, 0.29) is 36.7 Å². The monoisotopic (exact) mass is 484 g/mol. The quantitative estimate of drug-likeness (QED) is 0.502. The smallest absolute Gasteiger partial charge is 0.309 e. The van der Waals surface area contributed by atoms with Crippen molar-refractivity contribution >= 4 is 5.97 Å². The van der Waals surface area contributed by atoms with E-state index in [1.807, 2.05) is 13.8 Å². The Balaban J connectivity index is 0.000000196. The summed E-state index contributed by atoms with van der Waals surface area (Å²) in [6.45, 7) is 5.75. The van der Waals surface area contributed by atoms with Crippen LogP contribution in [-0.2, 0) is 28.5 Å². The minimum atomic E-state index is -0.0622. The third kappa shape index (κ3) is 10.1. The van der Waals surface area contributed by atoms with Crippen LogP contribution in [0.4, 0.5) is 0 Å². The van der Waals surface area contributed by atoms with Gasteiger partial charge in [0.2, 0.25) is 0 Å². The summed E-state index contributed by atoms with van der Waals surface area (Å²) in [5, 5.41) is 9.13. The summed E-state index contributed by atoms with van der Waals surface area (Å²) in [7, 11) is 0. The molecule has 2 saturated carbocycles. The first-order valence-electron chi connectivity index (χ1n) is 13.9. The lowest BCUT2D eigenvalue weighted by Crippen LogP contribution is -2.34. The summed E-state index contributed by atoms with van der Waals surface area (Å²) in [5.74, 6) is 0.393. The van der Waals surface area contributed by atoms with E-state index >= 15 is 0 Å². The molecular formula is C27H48O7. The molecule has 34 heavy (non-hydrogen) atoms. The highest BCUT2D eigenvalue weighted by atomic mass is 16.7. The Morgan fingerprint density at radius 2 is 1.38 bits per heavy atom. The van der Waals surface area contributed by atoms with Gasteiger partial charge in [0.05, 0.1) is 24.2 Å². The molecule has 0 spiro atoms. The number of rotatable bonds is 7. The van der Waals surface area contributed by atoms with Crippen LogP contribution in [0.2, 0.25) is 0 Å². The fourth-order valence-electron chi connectivity index (χ4n) is 5.41. The van der Waals surface area contributed by atoms with E-state index < -0.39 is 0 Å². The molecule has 4 fully saturated rings. The minimum absolute atomic E-state index is 0.00439. The molecule has 4 aliphatic rings. The highest BCUT2D eigenvalue weighted by Crippen LogP contribution is 2.30. The van der Waals surface area contributed by atoms with E-state index in [2.05, 4.69) is 0 Å². The van der Waals surface area contributed by atoms with Crippen molar-refractivity contribution in [3.63, 3.8) is 0 Å². The molecule has 0 bridgehead atoms. The topological polar surface area (TPSA) is 83.5 Å². The van der Waals surface area contributed by atoms with E-state index in [0.717, 1.165) is 77.4 Å². The Morgan fingerprint density at radius 1 is 0.794 bits per heavy atom. The van der Waals surface area contributed by atoms with Gasteiger partial charge in [0.25, 0.3) is 0 Å². The van der Waals surface area contributed by atoms with Crippen molar-refractivity contribution in [2.24, 2.45) is 11.8 Å². The van der Waals surface area contributed by atoms with Gasteiger partial charge in [-0.3, -0.25) is 4.79 Å². The largest absolute Gasteiger partial charge is 0.463 e. The van der Waals surface area contributed by atoms with Crippen LogP contribution in [0.5, 0.6) is 0 Å². The molecule has 2 aliphatic carbocycles. The summed E-state index contributed by atoms with van der Waals surface area (Å²) in [5.41, 5.74) is 0. The normalized spacial score (nSPS) is 34.7. The van der Waals surface area contributed by atoms with Crippen molar-refractivity contribution < 1.29 is 33.6 Å². The lowest BCUT2D eigenvalue weighted by atomic mass is 9.87. The highest BCUT2D eigenvalue weighted by molar-refractivity contribution is 5.72. The number of hydrogen-bond acceptors (Lipinski definition) is 7. The summed E-state index contributed by atoms with van der Waals surface area (Å²) < 4.78 is 28.4. The van der Waals surface area contributed by atoms with Gasteiger partial charge in [-0.1, -0.05) is 12.8 Å². The Morgan fingerprint density at radius 3 is 1.91 bits per heavy atom. The second-order valence-corrected chi connectivity index (χ2v) is 10.7. The van der Waals surface area contributed by atoms with Crippen molar-refractivity contribution in [3.8, 4) is 0 Å². The van der Waals surface area contributed by atoms with Gasteiger partial charge in [-0.15, -0.1) is 0 Å². The number of aliphatic hydroxyl groups is 1. The lowest BCUT2D eigenvalue weighted by molar-refractivity contribution is -0.198. The summed E-state index contributed by atoms with van der Waals surface area (Å²) in [6.07, 6.45) is 15.4. The molecule has 0 amide bonds. The Hall–Kier alpha value is -0.730. The molecule has 198 valence electrons. The molecule has 0 radical (unpaired) electrons. The Labute approximate surface area is 206 Å². The lowest BCUT2D eigenvalue weighted by Gasteiger charge is -2.32. The zero-order valence-corrected chi connectivity index (χ0v) is 21.5. The predicted octanol–water partition coefficient (Wildman–Crippen LogP) is 5.12. The van der Waals surface area contributed by atoms with Crippen molar-refractivity contribution in [1.82, 2.24) is 0 Å². The molecule has 2 saturated heterocycles. The molecule has 7 nitrogen and oxygen atoms in total. The number of ether oxygens (including phenoxy) is 5. The van der Waals surface area contributed by atoms with Gasteiger partial charge < -0.3 is 28.8 Å². The number of carbonyl (C=O) groups excluding carboxylic acids is 1. The third-order valence-corrected chi connectivity index (χ3v) is 7.27. The van der Waals surface area contributed by atoms with Gasteiger partial charge in [0.1, 0.15) is 0 Å². The van der Waals surface area contributed by atoms with Crippen molar-refractivity contribution in [3.05, 3.63) is 0 Å². The molecule has 6 atom stereocenters. The van der Waals surface area contributed by atoms with Gasteiger partial charge in [0.15, 0.2) is 12.6 Å². The second kappa shape index (κ2) is 15.4. The Bertz CT molecular complexity index is 557. The average molecular weight is 485 g/mol. The molecule has 0 aromatic heterocycles. The van der Waals surface area contributed by atoms with E-state index in [4.69, 9.17) is 28.8 Å². The number of hydrogen-bond donors (Lipinski definition) is 1. The fourth-order valence-corrected chi connectivity index (χ4v) is 5.41. The summed E-state index contributed by atoms with van der Waals surface area (Å²) in [6, 6.07) is 0. The van der Waals surface area contributed by atoms with Crippen LogP contribution < -0.4 is 0 Å². The van der Waals surface area contributed by atoms with Gasteiger partial charge in [-0.05, 0) is 96.8 Å².